The number of carbonyl (C=O) groups is 2. The van der Waals surface area contributed by atoms with Gasteiger partial charge in [0.15, 0.2) is 0 Å². The molecule has 0 saturated carbocycles. The number of nitro benzene ring substituents is 1. The van der Waals surface area contributed by atoms with E-state index in [1.165, 1.54) is 6.07 Å². The van der Waals surface area contributed by atoms with Gasteiger partial charge in [-0.3, -0.25) is 19.8 Å². The number of anilines is 2. The summed E-state index contributed by atoms with van der Waals surface area (Å²) >= 11 is 1.80. The first-order valence-corrected chi connectivity index (χ1v) is 12.7. The first kappa shape index (κ1) is 22.5. The fourth-order valence-electron chi connectivity index (χ4n) is 4.92. The Balaban J connectivity index is 1.51. The second kappa shape index (κ2) is 9.54. The largest absolute Gasteiger partial charge is 0.444 e. The standard InChI is InChI=1S/C24H26N4O5S/c29-23(25-11-13-34-14-12-25)17-8-9-20(21(15-17)28(31)32)26-10-4-3-7-22(26)27-19-6-2-1-5-18(19)16-33-24(27)30/h1-2,5-6,8-9,15,22H,3-4,7,10-14,16H2. The number of piperidine rings is 1. The number of nitro groups is 1. The van der Waals surface area contributed by atoms with E-state index in [0.717, 1.165) is 35.6 Å². The minimum absolute atomic E-state index is 0.122. The summed E-state index contributed by atoms with van der Waals surface area (Å²) in [4.78, 5) is 42.8. The van der Waals surface area contributed by atoms with E-state index in [1.54, 1.807) is 33.7 Å². The van der Waals surface area contributed by atoms with Crippen molar-refractivity contribution in [1.82, 2.24) is 4.90 Å². The van der Waals surface area contributed by atoms with Crippen molar-refractivity contribution in [2.24, 2.45) is 0 Å². The molecule has 2 aromatic carbocycles. The Hall–Kier alpha value is -3.27. The molecule has 3 heterocycles. The third kappa shape index (κ3) is 4.18. The van der Waals surface area contributed by atoms with Gasteiger partial charge in [-0.2, -0.15) is 11.8 Å². The molecule has 0 aromatic heterocycles. The van der Waals surface area contributed by atoms with Gasteiger partial charge in [0.1, 0.15) is 18.5 Å². The molecule has 2 fully saturated rings. The predicted molar refractivity (Wildman–Crippen MR) is 130 cm³/mol. The van der Waals surface area contributed by atoms with Crippen LogP contribution in [0, 0.1) is 10.1 Å². The van der Waals surface area contributed by atoms with Crippen molar-refractivity contribution in [1.29, 1.82) is 0 Å². The summed E-state index contributed by atoms with van der Waals surface area (Å²) in [6.45, 7) is 2.06. The fraction of sp³-hybridized carbons (Fsp3) is 0.417. The quantitative estimate of drug-likeness (QED) is 0.475. The molecule has 0 bridgehead atoms. The summed E-state index contributed by atoms with van der Waals surface area (Å²) in [5.41, 5.74) is 2.29. The zero-order valence-electron chi connectivity index (χ0n) is 18.7. The maximum Gasteiger partial charge on any atom is 0.416 e. The van der Waals surface area contributed by atoms with Gasteiger partial charge in [-0.05, 0) is 37.5 Å². The van der Waals surface area contributed by atoms with Crippen molar-refractivity contribution in [3.05, 3.63) is 63.7 Å². The first-order chi connectivity index (χ1) is 16.5. The summed E-state index contributed by atoms with van der Waals surface area (Å²) in [6, 6.07) is 12.3. The monoisotopic (exact) mass is 482 g/mol. The highest BCUT2D eigenvalue weighted by Gasteiger charge is 2.39. The Morgan fingerprint density at radius 3 is 2.65 bits per heavy atom. The van der Waals surface area contributed by atoms with Gasteiger partial charge in [0.25, 0.3) is 11.6 Å². The number of ether oxygens (including phenoxy) is 1. The maximum absolute atomic E-state index is 13.0. The third-order valence-corrected chi connectivity index (χ3v) is 7.54. The van der Waals surface area contributed by atoms with Gasteiger partial charge in [0.2, 0.25) is 0 Å². The highest BCUT2D eigenvalue weighted by Crippen LogP contribution is 2.38. The van der Waals surface area contributed by atoms with Gasteiger partial charge in [0, 0.05) is 48.3 Å². The van der Waals surface area contributed by atoms with E-state index in [0.29, 0.717) is 37.3 Å². The SMILES string of the molecule is O=C(c1ccc(N2CCCCC2N2C(=O)OCc3ccccc32)c([N+](=O)[O-])c1)N1CCSCC1. The number of hydrogen-bond acceptors (Lipinski definition) is 7. The van der Waals surface area contributed by atoms with E-state index in [2.05, 4.69) is 0 Å². The molecule has 178 valence electrons. The number of nitrogens with zero attached hydrogens (tertiary/aromatic N) is 4. The number of para-hydroxylation sites is 1. The van der Waals surface area contributed by atoms with Crippen molar-refractivity contribution in [2.75, 3.05) is 40.9 Å². The molecule has 0 radical (unpaired) electrons. The van der Waals surface area contributed by atoms with Crippen LogP contribution < -0.4 is 9.80 Å². The Labute approximate surface area is 201 Å². The molecule has 9 nitrogen and oxygen atoms in total. The number of rotatable bonds is 4. The smallest absolute Gasteiger partial charge is 0.416 e. The minimum Gasteiger partial charge on any atom is -0.444 e. The average molecular weight is 483 g/mol. The highest BCUT2D eigenvalue weighted by atomic mass is 32.2. The molecular formula is C24H26N4O5S. The molecule has 0 spiro atoms. The van der Waals surface area contributed by atoms with Crippen LogP contribution in [0.2, 0.25) is 0 Å². The molecule has 1 unspecified atom stereocenters. The molecule has 2 saturated heterocycles. The van der Waals surface area contributed by atoms with Gasteiger partial charge in [-0.1, -0.05) is 18.2 Å². The Kier molecular flexibility index (Phi) is 6.32. The Morgan fingerprint density at radius 2 is 1.85 bits per heavy atom. The average Bonchev–Trinajstić information content (AvgIpc) is 2.88. The van der Waals surface area contributed by atoms with E-state index in [1.807, 2.05) is 29.2 Å². The molecule has 0 aliphatic carbocycles. The minimum atomic E-state index is -0.451. The maximum atomic E-state index is 13.0. The van der Waals surface area contributed by atoms with Gasteiger partial charge >= 0.3 is 6.09 Å². The highest BCUT2D eigenvalue weighted by molar-refractivity contribution is 7.99. The zero-order chi connectivity index (χ0) is 23.7. The normalized spacial score (nSPS) is 20.5. The lowest BCUT2D eigenvalue weighted by atomic mass is 10.0. The molecule has 10 heteroatoms. The van der Waals surface area contributed by atoms with Crippen LogP contribution in [0.4, 0.5) is 21.9 Å². The van der Waals surface area contributed by atoms with E-state index < -0.39 is 17.2 Å². The molecule has 2 aromatic rings. The van der Waals surface area contributed by atoms with E-state index in [-0.39, 0.29) is 18.2 Å². The van der Waals surface area contributed by atoms with Crippen LogP contribution in [0.1, 0.15) is 35.2 Å². The molecule has 34 heavy (non-hydrogen) atoms. The number of amides is 2. The third-order valence-electron chi connectivity index (χ3n) is 6.59. The summed E-state index contributed by atoms with van der Waals surface area (Å²) in [5, 5.41) is 12.1. The summed E-state index contributed by atoms with van der Waals surface area (Å²) in [6.07, 6.45) is 1.54. The topological polar surface area (TPSA) is 96.2 Å². The number of carbonyl (C=O) groups excluding carboxylic acids is 2. The van der Waals surface area contributed by atoms with Crippen LogP contribution in [0.15, 0.2) is 42.5 Å². The number of hydrogen-bond donors (Lipinski definition) is 0. The molecule has 3 aliphatic rings. The molecule has 3 aliphatic heterocycles. The van der Waals surface area contributed by atoms with E-state index in [9.17, 15) is 19.7 Å². The fourth-order valence-corrected chi connectivity index (χ4v) is 5.82. The van der Waals surface area contributed by atoms with Crippen molar-refractivity contribution in [3.8, 4) is 0 Å². The number of thioether (sulfide) groups is 1. The second-order valence-electron chi connectivity index (χ2n) is 8.59. The first-order valence-electron chi connectivity index (χ1n) is 11.5. The number of fused-ring (bicyclic) bond motifs is 1. The van der Waals surface area contributed by atoms with Gasteiger partial charge < -0.3 is 14.5 Å². The Bertz CT molecular complexity index is 1120. The van der Waals surface area contributed by atoms with Crippen LogP contribution in [0.3, 0.4) is 0 Å². The summed E-state index contributed by atoms with van der Waals surface area (Å²) in [5.74, 6) is 1.56. The molecule has 2 amide bonds. The van der Waals surface area contributed by atoms with Crippen LogP contribution >= 0.6 is 11.8 Å². The van der Waals surface area contributed by atoms with Gasteiger partial charge in [0.05, 0.1) is 10.6 Å². The lowest BCUT2D eigenvalue weighted by Crippen LogP contribution is -2.55. The lowest BCUT2D eigenvalue weighted by Gasteiger charge is -2.44. The van der Waals surface area contributed by atoms with Crippen LogP contribution in [0.25, 0.3) is 0 Å². The van der Waals surface area contributed by atoms with Gasteiger partial charge in [-0.15, -0.1) is 0 Å². The van der Waals surface area contributed by atoms with Crippen LogP contribution in [-0.4, -0.2) is 59.1 Å². The molecule has 0 N–H and O–H groups in total. The Morgan fingerprint density at radius 1 is 1.06 bits per heavy atom. The molecule has 5 rings (SSSR count). The summed E-state index contributed by atoms with van der Waals surface area (Å²) < 4.78 is 5.42. The van der Waals surface area contributed by atoms with Crippen molar-refractivity contribution >= 4 is 40.8 Å². The van der Waals surface area contributed by atoms with E-state index in [4.69, 9.17) is 4.74 Å². The van der Waals surface area contributed by atoms with Crippen molar-refractivity contribution in [2.45, 2.75) is 32.0 Å². The summed E-state index contributed by atoms with van der Waals surface area (Å²) in [7, 11) is 0. The second-order valence-corrected chi connectivity index (χ2v) is 9.81. The number of benzene rings is 2. The molecular weight excluding hydrogens is 456 g/mol. The number of cyclic esters (lactones) is 1. The predicted octanol–water partition coefficient (Wildman–Crippen LogP) is 4.26. The van der Waals surface area contributed by atoms with Gasteiger partial charge in [-0.25, -0.2) is 4.79 Å². The van der Waals surface area contributed by atoms with Crippen LogP contribution in [-0.2, 0) is 11.3 Å². The van der Waals surface area contributed by atoms with E-state index >= 15 is 0 Å². The van der Waals surface area contributed by atoms with Crippen molar-refractivity contribution in [3.63, 3.8) is 0 Å². The van der Waals surface area contributed by atoms with Crippen LogP contribution in [0.5, 0.6) is 0 Å². The zero-order valence-corrected chi connectivity index (χ0v) is 19.5. The van der Waals surface area contributed by atoms with Crippen molar-refractivity contribution < 1.29 is 19.2 Å². The molecule has 1 atom stereocenters. The lowest BCUT2D eigenvalue weighted by molar-refractivity contribution is -0.384.